The summed E-state index contributed by atoms with van der Waals surface area (Å²) in [5, 5.41) is 8.56. The Labute approximate surface area is 144 Å². The van der Waals surface area contributed by atoms with Gasteiger partial charge in [0.05, 0.1) is 11.1 Å². The molecule has 4 rings (SSSR count). The first-order valence-corrected chi connectivity index (χ1v) is 7.92. The van der Waals surface area contributed by atoms with Gasteiger partial charge >= 0.3 is 0 Å². The molecule has 0 amide bonds. The van der Waals surface area contributed by atoms with E-state index in [9.17, 15) is 4.39 Å². The number of halogens is 1. The molecule has 0 saturated heterocycles. The number of aromatic nitrogens is 4. The summed E-state index contributed by atoms with van der Waals surface area (Å²) in [5.41, 5.74) is 3.73. The molecule has 0 radical (unpaired) electrons. The van der Waals surface area contributed by atoms with E-state index in [4.69, 9.17) is 0 Å². The number of rotatable bonds is 3. The van der Waals surface area contributed by atoms with Crippen molar-refractivity contribution in [2.45, 2.75) is 13.8 Å². The molecule has 0 unspecified atom stereocenters. The fourth-order valence-electron chi connectivity index (χ4n) is 2.86. The fraction of sp³-hybridized carbons (Fsp3) is 0.105. The Morgan fingerprint density at radius 1 is 1.00 bits per heavy atom. The normalized spacial score (nSPS) is 11.0. The second kappa shape index (κ2) is 5.98. The molecule has 25 heavy (non-hydrogen) atoms. The van der Waals surface area contributed by atoms with E-state index in [1.807, 2.05) is 38.1 Å². The van der Waals surface area contributed by atoms with E-state index in [1.54, 1.807) is 18.2 Å². The quantitative estimate of drug-likeness (QED) is 0.607. The van der Waals surface area contributed by atoms with E-state index < -0.39 is 0 Å². The van der Waals surface area contributed by atoms with Crippen molar-refractivity contribution in [1.29, 1.82) is 0 Å². The third-order valence-electron chi connectivity index (χ3n) is 4.00. The number of aryl methyl sites for hydroxylation is 2. The molecule has 0 aliphatic carbocycles. The minimum atomic E-state index is -0.348. The molecule has 0 aliphatic rings. The zero-order valence-electron chi connectivity index (χ0n) is 13.9. The van der Waals surface area contributed by atoms with Crippen LogP contribution in [-0.4, -0.2) is 19.7 Å². The van der Waals surface area contributed by atoms with E-state index in [-0.39, 0.29) is 5.82 Å². The Balaban J connectivity index is 1.87. The molecule has 0 aliphatic heterocycles. The van der Waals surface area contributed by atoms with Crippen LogP contribution in [0.15, 0.2) is 54.9 Å². The SMILES string of the molecule is Cc1cccc(Nc2ncnc3c2c(C)nn3-c2ccccc2F)c1. The molecule has 0 fully saturated rings. The van der Waals surface area contributed by atoms with E-state index in [0.29, 0.717) is 17.2 Å². The molecule has 0 bridgehead atoms. The molecule has 2 aromatic heterocycles. The lowest BCUT2D eigenvalue weighted by atomic mass is 10.2. The summed E-state index contributed by atoms with van der Waals surface area (Å²) in [6.07, 6.45) is 1.46. The number of nitrogens with zero attached hydrogens (tertiary/aromatic N) is 4. The molecule has 124 valence electrons. The monoisotopic (exact) mass is 333 g/mol. The van der Waals surface area contributed by atoms with Crippen LogP contribution in [0.25, 0.3) is 16.7 Å². The number of nitrogens with one attached hydrogen (secondary N) is 1. The van der Waals surface area contributed by atoms with Gasteiger partial charge in [0.15, 0.2) is 5.65 Å². The van der Waals surface area contributed by atoms with E-state index in [1.165, 1.54) is 17.1 Å². The molecule has 0 spiro atoms. The van der Waals surface area contributed by atoms with Crippen LogP contribution in [-0.2, 0) is 0 Å². The topological polar surface area (TPSA) is 55.6 Å². The van der Waals surface area contributed by atoms with Gasteiger partial charge in [0.2, 0.25) is 0 Å². The Hall–Kier alpha value is -3.28. The Kier molecular flexibility index (Phi) is 3.65. The highest BCUT2D eigenvalue weighted by atomic mass is 19.1. The largest absolute Gasteiger partial charge is 0.340 e. The molecule has 0 saturated carbocycles. The zero-order valence-corrected chi connectivity index (χ0v) is 13.9. The summed E-state index contributed by atoms with van der Waals surface area (Å²) in [4.78, 5) is 8.67. The minimum absolute atomic E-state index is 0.348. The van der Waals surface area contributed by atoms with Crippen LogP contribution >= 0.6 is 0 Å². The summed E-state index contributed by atoms with van der Waals surface area (Å²) in [6, 6.07) is 14.5. The maximum absolute atomic E-state index is 14.2. The highest BCUT2D eigenvalue weighted by Crippen LogP contribution is 2.28. The van der Waals surface area contributed by atoms with Crippen LogP contribution in [0.5, 0.6) is 0 Å². The van der Waals surface area contributed by atoms with Crippen LogP contribution < -0.4 is 5.32 Å². The summed E-state index contributed by atoms with van der Waals surface area (Å²) in [7, 11) is 0. The van der Waals surface area contributed by atoms with Crippen LogP contribution in [0.3, 0.4) is 0 Å². The maximum atomic E-state index is 14.2. The van der Waals surface area contributed by atoms with Gasteiger partial charge in [-0.1, -0.05) is 24.3 Å². The van der Waals surface area contributed by atoms with Gasteiger partial charge in [-0.3, -0.25) is 0 Å². The van der Waals surface area contributed by atoms with Gasteiger partial charge in [-0.2, -0.15) is 5.10 Å². The number of anilines is 2. The number of hydrogen-bond donors (Lipinski definition) is 1. The third-order valence-corrected chi connectivity index (χ3v) is 4.00. The standard InChI is InChI=1S/C19H16FN5/c1-12-6-5-7-14(10-12)23-18-17-13(2)24-25(19(17)22-11-21-18)16-9-4-3-8-15(16)20/h3-11H,1-2H3,(H,21,22,23). The number of benzene rings is 2. The van der Waals surface area contributed by atoms with Crippen LogP contribution in [0.1, 0.15) is 11.3 Å². The summed E-state index contributed by atoms with van der Waals surface area (Å²) < 4.78 is 15.7. The highest BCUT2D eigenvalue weighted by Gasteiger charge is 2.17. The van der Waals surface area contributed by atoms with Crippen molar-refractivity contribution in [3.63, 3.8) is 0 Å². The Morgan fingerprint density at radius 2 is 1.84 bits per heavy atom. The molecular weight excluding hydrogens is 317 g/mol. The minimum Gasteiger partial charge on any atom is -0.340 e. The van der Waals surface area contributed by atoms with Crippen LogP contribution in [0, 0.1) is 19.7 Å². The first-order valence-electron chi connectivity index (χ1n) is 7.92. The van der Waals surface area contributed by atoms with Crippen LogP contribution in [0.2, 0.25) is 0 Å². The van der Waals surface area contributed by atoms with Gasteiger partial charge in [-0.15, -0.1) is 0 Å². The van der Waals surface area contributed by atoms with Crippen LogP contribution in [0.4, 0.5) is 15.9 Å². The second-order valence-electron chi connectivity index (χ2n) is 5.86. The van der Waals surface area contributed by atoms with Crippen molar-refractivity contribution in [3.8, 4) is 5.69 Å². The van der Waals surface area contributed by atoms with Crippen molar-refractivity contribution < 1.29 is 4.39 Å². The average molecular weight is 333 g/mol. The number of hydrogen-bond acceptors (Lipinski definition) is 4. The van der Waals surface area contributed by atoms with Crippen molar-refractivity contribution in [2.24, 2.45) is 0 Å². The van der Waals surface area contributed by atoms with Gasteiger partial charge in [-0.25, -0.2) is 19.0 Å². The molecule has 2 aromatic carbocycles. The van der Waals surface area contributed by atoms with Gasteiger partial charge < -0.3 is 5.32 Å². The van der Waals surface area contributed by atoms with Crippen molar-refractivity contribution >= 4 is 22.5 Å². The molecule has 2 heterocycles. The highest BCUT2D eigenvalue weighted by molar-refractivity contribution is 5.91. The van der Waals surface area contributed by atoms with E-state index >= 15 is 0 Å². The first-order chi connectivity index (χ1) is 12.1. The molecule has 6 heteroatoms. The molecule has 0 atom stereocenters. The predicted molar refractivity (Wildman–Crippen MR) is 95.8 cm³/mol. The second-order valence-corrected chi connectivity index (χ2v) is 5.86. The zero-order chi connectivity index (χ0) is 17.4. The summed E-state index contributed by atoms with van der Waals surface area (Å²) in [5.74, 6) is 0.300. The van der Waals surface area contributed by atoms with Crippen molar-refractivity contribution in [1.82, 2.24) is 19.7 Å². The first kappa shape index (κ1) is 15.3. The lowest BCUT2D eigenvalue weighted by Crippen LogP contribution is -2.01. The lowest BCUT2D eigenvalue weighted by molar-refractivity contribution is 0.612. The average Bonchev–Trinajstić information content (AvgIpc) is 2.93. The predicted octanol–water partition coefficient (Wildman–Crippen LogP) is 4.32. The fourth-order valence-corrected chi connectivity index (χ4v) is 2.86. The smallest absolute Gasteiger partial charge is 0.168 e. The Morgan fingerprint density at radius 3 is 2.64 bits per heavy atom. The van der Waals surface area contributed by atoms with E-state index in [0.717, 1.165) is 22.3 Å². The lowest BCUT2D eigenvalue weighted by Gasteiger charge is -2.08. The van der Waals surface area contributed by atoms with Gasteiger partial charge in [0.25, 0.3) is 0 Å². The maximum Gasteiger partial charge on any atom is 0.168 e. The van der Waals surface area contributed by atoms with Gasteiger partial charge in [0.1, 0.15) is 23.6 Å². The number of para-hydroxylation sites is 1. The van der Waals surface area contributed by atoms with Gasteiger partial charge in [-0.05, 0) is 43.7 Å². The molecule has 4 aromatic rings. The molecular formula is C19H16FN5. The number of fused-ring (bicyclic) bond motifs is 1. The van der Waals surface area contributed by atoms with Crippen molar-refractivity contribution in [2.75, 3.05) is 5.32 Å². The van der Waals surface area contributed by atoms with Gasteiger partial charge in [0, 0.05) is 5.69 Å². The van der Waals surface area contributed by atoms with Crippen molar-refractivity contribution in [3.05, 3.63) is 71.9 Å². The molecule has 5 nitrogen and oxygen atoms in total. The third kappa shape index (κ3) is 2.71. The summed E-state index contributed by atoms with van der Waals surface area (Å²) >= 11 is 0. The molecule has 1 N–H and O–H groups in total. The summed E-state index contributed by atoms with van der Waals surface area (Å²) in [6.45, 7) is 3.90. The van der Waals surface area contributed by atoms with E-state index in [2.05, 4.69) is 20.4 Å². The Bertz CT molecular complexity index is 1070.